The van der Waals surface area contributed by atoms with Crippen LogP contribution in [0.5, 0.6) is 0 Å². The molecule has 0 bridgehead atoms. The van der Waals surface area contributed by atoms with E-state index in [1.807, 2.05) is 12.5 Å². The van der Waals surface area contributed by atoms with Gasteiger partial charge in [-0.15, -0.1) is 0 Å². The average molecular weight is 247 g/mol. The molecule has 66 valence electrons. The van der Waals surface area contributed by atoms with E-state index in [-0.39, 0.29) is 0 Å². The van der Waals surface area contributed by atoms with Gasteiger partial charge in [-0.1, -0.05) is 0 Å². The van der Waals surface area contributed by atoms with E-state index < -0.39 is 0 Å². The molecule has 1 aromatic rings. The first kappa shape index (κ1) is 8.63. The van der Waals surface area contributed by atoms with E-state index in [2.05, 4.69) is 37.2 Å². The van der Waals surface area contributed by atoms with Crippen LogP contribution in [0, 0.1) is 0 Å². The third-order valence-corrected chi connectivity index (χ3v) is 3.87. The highest BCUT2D eigenvalue weighted by atomic mass is 79.9. The zero-order chi connectivity index (χ0) is 8.39. The minimum absolute atomic E-state index is 0.670. The minimum atomic E-state index is 0.670. The van der Waals surface area contributed by atoms with Gasteiger partial charge >= 0.3 is 0 Å². The largest absolute Gasteiger partial charge is 0.322 e. The number of imidazole rings is 1. The Balaban J connectivity index is 2.13. The average Bonchev–Trinajstić information content (AvgIpc) is 2.53. The molecule has 1 aliphatic rings. The van der Waals surface area contributed by atoms with E-state index in [4.69, 9.17) is 0 Å². The van der Waals surface area contributed by atoms with E-state index in [9.17, 15) is 0 Å². The van der Waals surface area contributed by atoms with Crippen LogP contribution in [0.3, 0.4) is 0 Å². The Morgan fingerprint density at radius 2 is 2.25 bits per heavy atom. The number of rotatable bonds is 1. The molecule has 0 atom stereocenters. The number of thioether (sulfide) groups is 1. The van der Waals surface area contributed by atoms with Gasteiger partial charge in [0.2, 0.25) is 0 Å². The van der Waals surface area contributed by atoms with Gasteiger partial charge < -0.3 is 4.57 Å². The second-order valence-electron chi connectivity index (χ2n) is 2.97. The van der Waals surface area contributed by atoms with Gasteiger partial charge in [0, 0.05) is 6.04 Å². The van der Waals surface area contributed by atoms with Gasteiger partial charge in [-0.25, -0.2) is 4.98 Å². The molecule has 0 unspecified atom stereocenters. The molecule has 0 N–H and O–H groups in total. The molecule has 1 aliphatic heterocycles. The number of hydrogen-bond acceptors (Lipinski definition) is 2. The summed E-state index contributed by atoms with van der Waals surface area (Å²) in [4.78, 5) is 4.11. The van der Waals surface area contributed by atoms with E-state index in [0.717, 1.165) is 4.60 Å². The van der Waals surface area contributed by atoms with Crippen molar-refractivity contribution in [2.24, 2.45) is 0 Å². The SMILES string of the molecule is Brc1cncn1C1CCSCC1. The normalized spacial score (nSPS) is 19.8. The smallest absolute Gasteiger partial charge is 0.105 e. The molecule has 1 aromatic heterocycles. The monoisotopic (exact) mass is 246 g/mol. The van der Waals surface area contributed by atoms with Crippen molar-refractivity contribution < 1.29 is 0 Å². The molecule has 1 saturated heterocycles. The highest BCUT2D eigenvalue weighted by Gasteiger charge is 2.16. The molecule has 0 aromatic carbocycles. The first-order valence-electron chi connectivity index (χ1n) is 4.13. The van der Waals surface area contributed by atoms with Crippen molar-refractivity contribution in [3.05, 3.63) is 17.1 Å². The van der Waals surface area contributed by atoms with Crippen LogP contribution in [0.15, 0.2) is 17.1 Å². The summed E-state index contributed by atoms with van der Waals surface area (Å²) in [5.74, 6) is 2.57. The maximum atomic E-state index is 4.11. The molecule has 2 rings (SSSR count). The van der Waals surface area contributed by atoms with Crippen LogP contribution in [-0.2, 0) is 0 Å². The Bertz CT molecular complexity index is 255. The zero-order valence-electron chi connectivity index (χ0n) is 6.74. The lowest BCUT2D eigenvalue weighted by molar-refractivity contribution is 0.462. The maximum Gasteiger partial charge on any atom is 0.105 e. The third-order valence-electron chi connectivity index (χ3n) is 2.20. The summed E-state index contributed by atoms with van der Waals surface area (Å²) in [7, 11) is 0. The van der Waals surface area contributed by atoms with Crippen molar-refractivity contribution in [1.29, 1.82) is 0 Å². The lowest BCUT2D eigenvalue weighted by Gasteiger charge is -2.23. The van der Waals surface area contributed by atoms with Gasteiger partial charge in [0.1, 0.15) is 4.60 Å². The van der Waals surface area contributed by atoms with Crippen LogP contribution in [0.4, 0.5) is 0 Å². The summed E-state index contributed by atoms with van der Waals surface area (Å²) in [5.41, 5.74) is 0. The lowest BCUT2D eigenvalue weighted by Crippen LogP contribution is -2.14. The molecule has 2 nitrogen and oxygen atoms in total. The van der Waals surface area contributed by atoms with Crippen LogP contribution in [0.25, 0.3) is 0 Å². The van der Waals surface area contributed by atoms with Crippen molar-refractivity contribution in [2.45, 2.75) is 18.9 Å². The van der Waals surface area contributed by atoms with Gasteiger partial charge in [-0.05, 0) is 40.3 Å². The number of aromatic nitrogens is 2. The molecule has 4 heteroatoms. The number of halogens is 1. The van der Waals surface area contributed by atoms with E-state index >= 15 is 0 Å². The Morgan fingerprint density at radius 3 is 2.83 bits per heavy atom. The topological polar surface area (TPSA) is 17.8 Å². The van der Waals surface area contributed by atoms with Gasteiger partial charge in [-0.2, -0.15) is 11.8 Å². The predicted molar refractivity (Wildman–Crippen MR) is 55.5 cm³/mol. The van der Waals surface area contributed by atoms with Crippen LogP contribution in [-0.4, -0.2) is 21.1 Å². The lowest BCUT2D eigenvalue weighted by atomic mass is 10.1. The van der Waals surface area contributed by atoms with Gasteiger partial charge in [0.25, 0.3) is 0 Å². The van der Waals surface area contributed by atoms with Crippen molar-refractivity contribution in [1.82, 2.24) is 9.55 Å². The standard InChI is InChI=1S/C8H11BrN2S/c9-8-5-10-6-11(8)7-1-3-12-4-2-7/h5-7H,1-4H2. The van der Waals surface area contributed by atoms with Crippen molar-refractivity contribution >= 4 is 27.7 Å². The molecule has 1 fully saturated rings. The van der Waals surface area contributed by atoms with Gasteiger partial charge in [0.05, 0.1) is 12.5 Å². The third kappa shape index (κ3) is 1.69. The molecular weight excluding hydrogens is 236 g/mol. The van der Waals surface area contributed by atoms with Crippen LogP contribution in [0.1, 0.15) is 18.9 Å². The fourth-order valence-electron chi connectivity index (χ4n) is 1.52. The molecule has 0 aliphatic carbocycles. The Hall–Kier alpha value is 0.0400. The summed E-state index contributed by atoms with van der Waals surface area (Å²) >= 11 is 5.55. The molecule has 0 saturated carbocycles. The first-order chi connectivity index (χ1) is 5.88. The molecule has 12 heavy (non-hydrogen) atoms. The Kier molecular flexibility index (Phi) is 2.76. The summed E-state index contributed by atoms with van der Waals surface area (Å²) in [6.45, 7) is 0. The number of nitrogens with zero attached hydrogens (tertiary/aromatic N) is 2. The maximum absolute atomic E-state index is 4.11. The van der Waals surface area contributed by atoms with Crippen LogP contribution >= 0.6 is 27.7 Å². The quantitative estimate of drug-likeness (QED) is 0.759. The van der Waals surface area contributed by atoms with Crippen LogP contribution < -0.4 is 0 Å². The predicted octanol–water partition coefficient (Wildman–Crippen LogP) is 2.71. The fraction of sp³-hybridized carbons (Fsp3) is 0.625. The Labute approximate surface area is 84.9 Å². The van der Waals surface area contributed by atoms with E-state index in [1.165, 1.54) is 24.3 Å². The minimum Gasteiger partial charge on any atom is -0.322 e. The summed E-state index contributed by atoms with van der Waals surface area (Å²) in [6, 6.07) is 0.670. The summed E-state index contributed by atoms with van der Waals surface area (Å²) < 4.78 is 3.35. The van der Waals surface area contributed by atoms with Crippen molar-refractivity contribution in [2.75, 3.05) is 11.5 Å². The van der Waals surface area contributed by atoms with Crippen LogP contribution in [0.2, 0.25) is 0 Å². The van der Waals surface area contributed by atoms with E-state index in [1.54, 1.807) is 0 Å². The molecule has 0 radical (unpaired) electrons. The molecule has 0 spiro atoms. The number of hydrogen-bond donors (Lipinski definition) is 0. The van der Waals surface area contributed by atoms with Crippen molar-refractivity contribution in [3.8, 4) is 0 Å². The second kappa shape index (κ2) is 3.83. The van der Waals surface area contributed by atoms with E-state index in [0.29, 0.717) is 6.04 Å². The highest BCUT2D eigenvalue weighted by molar-refractivity contribution is 9.10. The Morgan fingerprint density at radius 1 is 1.50 bits per heavy atom. The van der Waals surface area contributed by atoms with Gasteiger partial charge in [-0.3, -0.25) is 0 Å². The van der Waals surface area contributed by atoms with Gasteiger partial charge in [0.15, 0.2) is 0 Å². The molecule has 0 amide bonds. The van der Waals surface area contributed by atoms with Crippen molar-refractivity contribution in [3.63, 3.8) is 0 Å². The molecule has 2 heterocycles. The first-order valence-corrected chi connectivity index (χ1v) is 6.08. The highest BCUT2D eigenvalue weighted by Crippen LogP contribution is 2.29. The molecular formula is C8H11BrN2S. The zero-order valence-corrected chi connectivity index (χ0v) is 9.14. The summed E-state index contributed by atoms with van der Waals surface area (Å²) in [5, 5.41) is 0. The summed E-state index contributed by atoms with van der Waals surface area (Å²) in [6.07, 6.45) is 6.34. The fourth-order valence-corrected chi connectivity index (χ4v) is 3.10. The second-order valence-corrected chi connectivity index (χ2v) is 5.00.